The summed E-state index contributed by atoms with van der Waals surface area (Å²) in [6, 6.07) is 6.03. The normalized spacial score (nSPS) is 22.2. The molecule has 1 aromatic rings. The fourth-order valence-electron chi connectivity index (χ4n) is 3.49. The highest BCUT2D eigenvalue weighted by Crippen LogP contribution is 2.46. The molecule has 0 saturated carbocycles. The molecule has 0 fully saturated rings. The molecule has 0 spiro atoms. The first-order chi connectivity index (χ1) is 9.86. The van der Waals surface area contributed by atoms with E-state index >= 15 is 0 Å². The van der Waals surface area contributed by atoms with Gasteiger partial charge in [0, 0.05) is 11.0 Å². The molecule has 0 bridgehead atoms. The van der Waals surface area contributed by atoms with E-state index in [1.165, 1.54) is 0 Å². The van der Waals surface area contributed by atoms with Crippen molar-refractivity contribution in [2.45, 2.75) is 57.7 Å². The van der Waals surface area contributed by atoms with E-state index in [2.05, 4.69) is 25.2 Å². The summed E-state index contributed by atoms with van der Waals surface area (Å²) in [5, 5.41) is 23.3. The lowest BCUT2D eigenvalue weighted by Crippen LogP contribution is -2.59. The molecule has 1 heterocycles. The number of nitriles is 1. The van der Waals surface area contributed by atoms with E-state index in [4.69, 9.17) is 4.74 Å². The molecule has 0 radical (unpaired) electrons. The summed E-state index contributed by atoms with van der Waals surface area (Å²) in [4.78, 5) is 0. The third-order valence-electron chi connectivity index (χ3n) is 4.95. The number of rotatable bonds is 3. The molecule has 0 aromatic heterocycles. The van der Waals surface area contributed by atoms with Crippen LogP contribution in [0.15, 0.2) is 12.1 Å². The summed E-state index contributed by atoms with van der Waals surface area (Å²) in [5.74, 6) is 0.587. The van der Waals surface area contributed by atoms with Crippen molar-refractivity contribution >= 4 is 0 Å². The monoisotopic (exact) mass is 288 g/mol. The molecule has 1 atom stereocenters. The molecule has 4 nitrogen and oxygen atoms in total. The number of benzene rings is 1. The van der Waals surface area contributed by atoms with E-state index < -0.39 is 6.23 Å². The van der Waals surface area contributed by atoms with Crippen molar-refractivity contribution in [1.29, 1.82) is 5.26 Å². The van der Waals surface area contributed by atoms with Gasteiger partial charge in [0.25, 0.3) is 0 Å². The molecule has 1 unspecified atom stereocenters. The number of ether oxygens (including phenoxy) is 1. The summed E-state index contributed by atoms with van der Waals surface area (Å²) < 4.78 is 5.35. The van der Waals surface area contributed by atoms with Crippen LogP contribution in [0.1, 0.15) is 57.2 Å². The second kappa shape index (κ2) is 5.32. The third-order valence-corrected chi connectivity index (χ3v) is 4.95. The first-order valence-electron chi connectivity index (χ1n) is 7.45. The number of hydrogen-bond acceptors (Lipinski definition) is 4. The van der Waals surface area contributed by atoms with Crippen LogP contribution in [0.25, 0.3) is 0 Å². The maximum absolute atomic E-state index is 10.7. The van der Waals surface area contributed by atoms with Gasteiger partial charge in [-0.05, 0) is 49.9 Å². The molecule has 1 aliphatic heterocycles. The number of nitrogens with zero attached hydrogens (tertiary/aromatic N) is 1. The maximum atomic E-state index is 10.7. The molecule has 0 saturated heterocycles. The second-order valence-electron chi connectivity index (χ2n) is 6.24. The Bertz CT molecular complexity index is 583. The minimum atomic E-state index is -0.630. The van der Waals surface area contributed by atoms with Crippen LogP contribution in [0.2, 0.25) is 0 Å². The van der Waals surface area contributed by atoms with Gasteiger partial charge >= 0.3 is 0 Å². The summed E-state index contributed by atoms with van der Waals surface area (Å²) in [5.41, 5.74) is 1.92. The molecular weight excluding hydrogens is 264 g/mol. The lowest BCUT2D eigenvalue weighted by Gasteiger charge is -2.49. The Morgan fingerprint density at radius 2 is 1.90 bits per heavy atom. The van der Waals surface area contributed by atoms with Crippen LogP contribution >= 0.6 is 0 Å². The number of methoxy groups -OCH3 is 1. The maximum Gasteiger partial charge on any atom is 0.136 e. The smallest absolute Gasteiger partial charge is 0.136 e. The van der Waals surface area contributed by atoms with E-state index in [9.17, 15) is 10.4 Å². The third kappa shape index (κ3) is 2.21. The minimum absolute atomic E-state index is 0.371. The molecule has 0 aliphatic carbocycles. The molecular formula is C17H24N2O2. The Balaban J connectivity index is 2.80. The van der Waals surface area contributed by atoms with Crippen LogP contribution in [0.3, 0.4) is 0 Å². The summed E-state index contributed by atoms with van der Waals surface area (Å²) >= 11 is 0. The fourth-order valence-corrected chi connectivity index (χ4v) is 3.49. The van der Waals surface area contributed by atoms with E-state index in [0.29, 0.717) is 11.3 Å². The van der Waals surface area contributed by atoms with Gasteiger partial charge in [0.15, 0.2) is 0 Å². The van der Waals surface area contributed by atoms with E-state index in [-0.39, 0.29) is 11.0 Å². The highest BCUT2D eigenvalue weighted by atomic mass is 16.5. The Kier molecular flexibility index (Phi) is 4.01. The molecule has 114 valence electrons. The van der Waals surface area contributed by atoms with Gasteiger partial charge in [-0.2, -0.15) is 5.26 Å². The average molecular weight is 288 g/mol. The van der Waals surface area contributed by atoms with Crippen LogP contribution in [-0.4, -0.2) is 18.4 Å². The van der Waals surface area contributed by atoms with Gasteiger partial charge in [0.2, 0.25) is 0 Å². The number of aliphatic hydroxyl groups excluding tert-OH is 1. The first-order valence-corrected chi connectivity index (χ1v) is 7.45. The molecule has 0 amide bonds. The lowest BCUT2D eigenvalue weighted by molar-refractivity contribution is 0.00410. The zero-order valence-corrected chi connectivity index (χ0v) is 13.4. The average Bonchev–Trinajstić information content (AvgIpc) is 2.46. The highest BCUT2D eigenvalue weighted by Gasteiger charge is 2.47. The fraction of sp³-hybridized carbons (Fsp3) is 0.588. The Hall–Kier alpha value is -1.57. The van der Waals surface area contributed by atoms with E-state index in [0.717, 1.165) is 24.0 Å². The molecule has 21 heavy (non-hydrogen) atoms. The van der Waals surface area contributed by atoms with Crippen molar-refractivity contribution in [3.63, 3.8) is 0 Å². The molecule has 2 N–H and O–H groups in total. The molecule has 4 heteroatoms. The summed E-state index contributed by atoms with van der Waals surface area (Å²) in [7, 11) is 1.58. The van der Waals surface area contributed by atoms with Gasteiger partial charge in [0.05, 0.1) is 12.7 Å². The van der Waals surface area contributed by atoms with Gasteiger partial charge in [-0.25, -0.2) is 0 Å². The highest BCUT2D eigenvalue weighted by molar-refractivity contribution is 5.54. The van der Waals surface area contributed by atoms with Crippen LogP contribution in [0.5, 0.6) is 5.75 Å². The zero-order chi connectivity index (χ0) is 15.8. The van der Waals surface area contributed by atoms with Gasteiger partial charge < -0.3 is 9.84 Å². The minimum Gasteiger partial charge on any atom is -0.495 e. The SMILES string of the molecule is CCC1(CC)c2cc(C#N)c(OC)cc2C(C)(C)NC1O. The Labute approximate surface area is 126 Å². The van der Waals surface area contributed by atoms with E-state index in [1.54, 1.807) is 7.11 Å². The number of hydrogen-bond donors (Lipinski definition) is 2. The number of nitrogens with one attached hydrogen (secondary N) is 1. The molecule has 1 aromatic carbocycles. The predicted octanol–water partition coefficient (Wildman–Crippen LogP) is 2.78. The van der Waals surface area contributed by atoms with Crippen molar-refractivity contribution in [2.24, 2.45) is 0 Å². The summed E-state index contributed by atoms with van der Waals surface area (Å²) in [6.07, 6.45) is 0.977. The van der Waals surface area contributed by atoms with Gasteiger partial charge in [-0.1, -0.05) is 13.8 Å². The van der Waals surface area contributed by atoms with Crippen molar-refractivity contribution in [1.82, 2.24) is 5.32 Å². The van der Waals surface area contributed by atoms with Gasteiger partial charge in [-0.3, -0.25) is 5.32 Å². The first kappa shape index (κ1) is 15.8. The number of fused-ring (bicyclic) bond motifs is 1. The van der Waals surface area contributed by atoms with Crippen molar-refractivity contribution in [2.75, 3.05) is 7.11 Å². The predicted molar refractivity (Wildman–Crippen MR) is 82.1 cm³/mol. The topological polar surface area (TPSA) is 65.3 Å². The molecule has 1 aliphatic rings. The van der Waals surface area contributed by atoms with Gasteiger partial charge in [-0.15, -0.1) is 0 Å². The Morgan fingerprint density at radius 1 is 1.29 bits per heavy atom. The van der Waals surface area contributed by atoms with Crippen molar-refractivity contribution in [3.05, 3.63) is 28.8 Å². The molecule has 2 rings (SSSR count). The number of aliphatic hydroxyl groups is 1. The standard InChI is InChI=1S/C17H24N2O2/c1-6-17(7-2)13-8-11(10-18)14(21-5)9-12(13)16(3,4)19-15(17)20/h8-9,15,19-20H,6-7H2,1-5H3. The van der Waals surface area contributed by atoms with Crippen LogP contribution in [0, 0.1) is 11.3 Å². The van der Waals surface area contributed by atoms with Crippen LogP contribution in [0.4, 0.5) is 0 Å². The largest absolute Gasteiger partial charge is 0.495 e. The zero-order valence-electron chi connectivity index (χ0n) is 13.4. The van der Waals surface area contributed by atoms with Crippen LogP contribution < -0.4 is 10.1 Å². The summed E-state index contributed by atoms with van der Waals surface area (Å²) in [6.45, 7) is 8.23. The van der Waals surface area contributed by atoms with Gasteiger partial charge in [0.1, 0.15) is 18.0 Å². The quantitative estimate of drug-likeness (QED) is 0.897. The Morgan fingerprint density at radius 3 is 2.38 bits per heavy atom. The van der Waals surface area contributed by atoms with Crippen molar-refractivity contribution < 1.29 is 9.84 Å². The van der Waals surface area contributed by atoms with E-state index in [1.807, 2.05) is 26.0 Å². The lowest BCUT2D eigenvalue weighted by atomic mass is 9.66. The van der Waals surface area contributed by atoms with Crippen LogP contribution in [-0.2, 0) is 11.0 Å². The van der Waals surface area contributed by atoms with Crippen molar-refractivity contribution in [3.8, 4) is 11.8 Å². The second-order valence-corrected chi connectivity index (χ2v) is 6.24.